The molecule has 0 radical (unpaired) electrons. The van der Waals surface area contributed by atoms with Crippen LogP contribution in [0.15, 0.2) is 99.9 Å². The summed E-state index contributed by atoms with van der Waals surface area (Å²) in [6.07, 6.45) is 14.1. The molecule has 0 heterocycles. The minimum absolute atomic E-state index is 0. The van der Waals surface area contributed by atoms with Gasteiger partial charge in [0.25, 0.3) is 0 Å². The Labute approximate surface area is 352 Å². The van der Waals surface area contributed by atoms with Crippen molar-refractivity contribution in [1.82, 2.24) is 0 Å². The third-order valence-electron chi connectivity index (χ3n) is 14.1. The molecule has 3 heteroatoms. The Morgan fingerprint density at radius 3 is 1.67 bits per heavy atom. The van der Waals surface area contributed by atoms with Crippen molar-refractivity contribution in [2.75, 3.05) is 0 Å². The van der Waals surface area contributed by atoms with E-state index in [0.29, 0.717) is 5.92 Å². The summed E-state index contributed by atoms with van der Waals surface area (Å²) >= 11 is -2.93. The third kappa shape index (κ3) is 7.47. The summed E-state index contributed by atoms with van der Waals surface area (Å²) in [5.41, 5.74) is 16.5. The second-order valence-electron chi connectivity index (χ2n) is 20.1. The predicted octanol–water partition coefficient (Wildman–Crippen LogP) is 6.52. The maximum atomic E-state index is 2.85. The van der Waals surface area contributed by atoms with Crippen LogP contribution in [0, 0.1) is 49.4 Å². The Bertz CT molecular complexity index is 2120. The molecule has 0 nitrogen and oxygen atoms in total. The van der Waals surface area contributed by atoms with Crippen molar-refractivity contribution >= 4 is 6.48 Å². The molecule has 6 aliphatic carbocycles. The molecule has 286 valence electrons. The van der Waals surface area contributed by atoms with Crippen LogP contribution in [0.2, 0.25) is 0 Å². The van der Waals surface area contributed by atoms with E-state index in [0.717, 1.165) is 36.0 Å². The van der Waals surface area contributed by atoms with Gasteiger partial charge in [0.1, 0.15) is 0 Å². The Morgan fingerprint density at radius 1 is 0.618 bits per heavy atom. The van der Waals surface area contributed by atoms with Gasteiger partial charge in [-0.25, -0.2) is 0 Å². The van der Waals surface area contributed by atoms with Crippen LogP contribution in [0.1, 0.15) is 125 Å². The van der Waals surface area contributed by atoms with Gasteiger partial charge in [0, 0.05) is 0 Å². The van der Waals surface area contributed by atoms with Crippen molar-refractivity contribution < 1.29 is 46.1 Å². The summed E-state index contributed by atoms with van der Waals surface area (Å²) in [4.78, 5) is 0. The molecule has 1 atom stereocenters. The molecule has 0 aromatic heterocycles. The van der Waals surface area contributed by atoms with Gasteiger partial charge in [0.15, 0.2) is 0 Å². The molecule has 0 N–H and O–H groups in total. The minimum atomic E-state index is -2.93. The number of hydrogen-bond acceptors (Lipinski definition) is 0. The molecule has 1 unspecified atom stereocenters. The molecule has 4 fully saturated rings. The van der Waals surface area contributed by atoms with Gasteiger partial charge in [-0.3, -0.25) is 0 Å². The summed E-state index contributed by atoms with van der Waals surface area (Å²) in [7, 11) is 0. The topological polar surface area (TPSA) is 0 Å². The molecule has 10 rings (SSSR count). The smallest absolute Gasteiger partial charge is 1.00 e. The molecule has 4 saturated carbocycles. The van der Waals surface area contributed by atoms with Crippen LogP contribution in [0.3, 0.4) is 0 Å². The molecule has 4 aromatic rings. The molecule has 0 saturated heterocycles. The zero-order valence-corrected chi connectivity index (χ0v) is 38.6. The summed E-state index contributed by atoms with van der Waals surface area (Å²) in [5.74, 6) is 5.09. The van der Waals surface area contributed by atoms with Crippen LogP contribution in [-0.2, 0) is 38.5 Å². The van der Waals surface area contributed by atoms with E-state index in [4.69, 9.17) is 0 Å². The standard InChI is InChI=1S/C21H25.C16H21.C15H14.2ClH.Zr/c1-20(2,3)16-9-7-14-11-15-8-10-17(21(4,5)6)13-19(15)18(14)12-16;1-10-2-3-13(4-10)16-14-6-11-5-12(8-14)9-15(16)7-11;1-12-3-7-14(8-4-12)11-15-9-5-13(2)6-10-15;;;/h7,9-10,12-13H,11H2,1-6H3;3-4,10-12,14-16H,5-9H2,1H3;3-10H,1-2H3;2*1H;/q;;;;;+2/p-2. The van der Waals surface area contributed by atoms with E-state index in [1.807, 2.05) is 0 Å². The van der Waals surface area contributed by atoms with E-state index in [1.54, 1.807) is 20.9 Å². The Morgan fingerprint density at radius 2 is 1.15 bits per heavy atom. The fourth-order valence-corrected chi connectivity index (χ4v) is 19.9. The average Bonchev–Trinajstić information content (AvgIpc) is 3.66. The van der Waals surface area contributed by atoms with Crippen LogP contribution < -0.4 is 28.1 Å². The summed E-state index contributed by atoms with van der Waals surface area (Å²) in [6, 6.07) is 32.0. The van der Waals surface area contributed by atoms with Crippen LogP contribution >= 0.6 is 0 Å². The first-order valence-corrected chi connectivity index (χ1v) is 24.5. The second kappa shape index (κ2) is 15.1. The van der Waals surface area contributed by atoms with Crippen LogP contribution in [0.25, 0.3) is 11.1 Å². The first-order chi connectivity index (χ1) is 25.2. The van der Waals surface area contributed by atoms with Crippen LogP contribution in [0.4, 0.5) is 0 Å². The molecule has 4 aromatic carbocycles. The fraction of sp³-hybridized carbons (Fsp3) is 0.442. The van der Waals surface area contributed by atoms with Crippen molar-refractivity contribution in [2.24, 2.45) is 35.5 Å². The summed E-state index contributed by atoms with van der Waals surface area (Å²) < 4.78 is 5.18. The zero-order valence-electron chi connectivity index (χ0n) is 34.6. The molecule has 4 bridgehead atoms. The number of hydrogen-bond donors (Lipinski definition) is 0. The fourth-order valence-electron chi connectivity index (χ4n) is 11.4. The van der Waals surface area contributed by atoms with E-state index in [-0.39, 0.29) is 35.6 Å². The molecular weight excluding hydrogens is 787 g/mol. The van der Waals surface area contributed by atoms with Crippen molar-refractivity contribution in [3.8, 4) is 11.1 Å². The summed E-state index contributed by atoms with van der Waals surface area (Å²) in [5, 5.41) is 0. The largest absolute Gasteiger partial charge is 1.00 e. The third-order valence-corrected chi connectivity index (χ3v) is 22.1. The molecule has 0 amide bonds. The Balaban J connectivity index is 0.00000233. The molecule has 6 aliphatic rings. The quantitative estimate of drug-likeness (QED) is 0.189. The first-order valence-electron chi connectivity index (χ1n) is 20.8. The van der Waals surface area contributed by atoms with Gasteiger partial charge in [-0.1, -0.05) is 0 Å². The normalized spacial score (nSPS) is 24.5. The Hall–Kier alpha value is -2.31. The van der Waals surface area contributed by atoms with Crippen molar-refractivity contribution in [3.63, 3.8) is 0 Å². The van der Waals surface area contributed by atoms with Gasteiger partial charge in [-0.15, -0.1) is 0 Å². The molecule has 0 spiro atoms. The van der Waals surface area contributed by atoms with E-state index in [2.05, 4.69) is 153 Å². The second-order valence-corrected chi connectivity index (χ2v) is 25.9. The van der Waals surface area contributed by atoms with Crippen molar-refractivity contribution in [3.05, 3.63) is 144 Å². The number of aryl methyl sites for hydroxylation is 2. The average molecular weight is 847 g/mol. The minimum Gasteiger partial charge on any atom is -1.00 e. The van der Waals surface area contributed by atoms with Gasteiger partial charge < -0.3 is 24.8 Å². The van der Waals surface area contributed by atoms with Gasteiger partial charge in [-0.2, -0.15) is 0 Å². The monoisotopic (exact) mass is 844 g/mol. The van der Waals surface area contributed by atoms with E-state index >= 15 is 0 Å². The number of allylic oxidation sites excluding steroid dienone is 4. The van der Waals surface area contributed by atoms with Gasteiger partial charge in [0.05, 0.1) is 0 Å². The van der Waals surface area contributed by atoms with Crippen molar-refractivity contribution in [1.29, 1.82) is 0 Å². The maximum Gasteiger partial charge on any atom is -1.00 e. The number of halogens is 2. The van der Waals surface area contributed by atoms with Gasteiger partial charge in [-0.05, 0) is 0 Å². The van der Waals surface area contributed by atoms with E-state index in [9.17, 15) is 0 Å². The Kier molecular flexibility index (Phi) is 11.2. The van der Waals surface area contributed by atoms with Crippen molar-refractivity contribution in [2.45, 2.75) is 112 Å². The van der Waals surface area contributed by atoms with E-state index < -0.39 is 21.3 Å². The predicted molar refractivity (Wildman–Crippen MR) is 223 cm³/mol. The zero-order chi connectivity index (χ0) is 37.0. The number of benzene rings is 4. The number of fused-ring (bicyclic) bond motifs is 3. The SMILES string of the molecule is Cc1ccc([C](c2ccc(C)cc2)=[Zr+2]([C]2=CC(C3C4CC5CC(C4)CC3C5)=CC2C)[c]2cc(C(C)(C)C)cc3c2Cc2ccc(C(C)(C)C)cc2-3)cc1.[Cl-].[Cl-]. The van der Waals surface area contributed by atoms with E-state index in [1.165, 1.54) is 82.2 Å². The molecule has 55 heavy (non-hydrogen) atoms. The van der Waals surface area contributed by atoms with Crippen LogP contribution in [0.5, 0.6) is 0 Å². The maximum absolute atomic E-state index is 2.93. The molecular formula is C52H60Cl2Zr. The van der Waals surface area contributed by atoms with Crippen LogP contribution in [-0.4, -0.2) is 3.21 Å². The molecule has 0 aliphatic heterocycles. The number of rotatable bonds is 5. The first kappa shape index (κ1) is 40.9. The summed E-state index contributed by atoms with van der Waals surface area (Å²) in [6.45, 7) is 21.4. The van der Waals surface area contributed by atoms with Gasteiger partial charge >= 0.3 is 330 Å². The van der Waals surface area contributed by atoms with Gasteiger partial charge in [0.2, 0.25) is 0 Å².